The van der Waals surface area contributed by atoms with Crippen molar-refractivity contribution < 1.29 is 32.3 Å². The van der Waals surface area contributed by atoms with E-state index in [1.165, 1.54) is 13.2 Å². The van der Waals surface area contributed by atoms with Gasteiger partial charge < -0.3 is 23.6 Å². The van der Waals surface area contributed by atoms with Gasteiger partial charge in [-0.05, 0) is 63.6 Å². The van der Waals surface area contributed by atoms with E-state index < -0.39 is 12.6 Å². The van der Waals surface area contributed by atoms with Crippen molar-refractivity contribution in [3.8, 4) is 17.0 Å². The van der Waals surface area contributed by atoms with Crippen LogP contribution in [-0.2, 0) is 16.1 Å². The third kappa shape index (κ3) is 5.19. The van der Waals surface area contributed by atoms with E-state index in [0.717, 1.165) is 49.8 Å². The predicted octanol–water partition coefficient (Wildman–Crippen LogP) is 5.42. The van der Waals surface area contributed by atoms with Gasteiger partial charge in [0, 0.05) is 34.8 Å². The molecule has 9 nitrogen and oxygen atoms in total. The minimum Gasteiger partial charge on any atom is -0.464 e. The summed E-state index contributed by atoms with van der Waals surface area (Å²) in [5, 5.41) is 4.27. The molecule has 2 unspecified atom stereocenters. The third-order valence-electron chi connectivity index (χ3n) is 7.75. The average Bonchev–Trinajstić information content (AvgIpc) is 3.62. The van der Waals surface area contributed by atoms with Crippen LogP contribution in [0.5, 0.6) is 5.75 Å². The zero-order chi connectivity index (χ0) is 27.1. The summed E-state index contributed by atoms with van der Waals surface area (Å²) in [4.78, 5) is 23.4. The maximum absolute atomic E-state index is 13.1. The number of esters is 1. The summed E-state index contributed by atoms with van der Waals surface area (Å²) in [6.45, 7) is -0.832. The van der Waals surface area contributed by atoms with Gasteiger partial charge in [0.1, 0.15) is 17.2 Å². The summed E-state index contributed by atoms with van der Waals surface area (Å²) >= 11 is 0. The molecule has 0 amide bonds. The highest BCUT2D eigenvalue weighted by atomic mass is 19.3. The van der Waals surface area contributed by atoms with Crippen molar-refractivity contribution in [3.05, 3.63) is 53.0 Å². The lowest BCUT2D eigenvalue weighted by molar-refractivity contribution is -0.0494. The molecule has 3 aliphatic rings. The number of aromatic nitrogens is 3. The van der Waals surface area contributed by atoms with Gasteiger partial charge in [-0.2, -0.15) is 8.78 Å². The molecule has 0 N–H and O–H groups in total. The van der Waals surface area contributed by atoms with Gasteiger partial charge in [-0.3, -0.25) is 0 Å². The number of piperidine rings is 1. The Balaban J connectivity index is 1.20. The number of hydrogen-bond acceptors (Lipinski definition) is 9. The van der Waals surface area contributed by atoms with E-state index >= 15 is 0 Å². The molecule has 3 aromatic rings. The van der Waals surface area contributed by atoms with Gasteiger partial charge in [0.15, 0.2) is 5.69 Å². The van der Waals surface area contributed by atoms with Crippen molar-refractivity contribution in [1.82, 2.24) is 15.1 Å². The van der Waals surface area contributed by atoms with Crippen molar-refractivity contribution in [2.75, 3.05) is 12.0 Å². The van der Waals surface area contributed by atoms with Crippen LogP contribution >= 0.6 is 0 Å². The molecule has 6 rings (SSSR count). The van der Waals surface area contributed by atoms with E-state index in [4.69, 9.17) is 18.7 Å². The Morgan fingerprint density at radius 1 is 1.13 bits per heavy atom. The average molecular weight is 541 g/mol. The first-order valence-electron chi connectivity index (χ1n) is 13.3. The molecule has 4 heterocycles. The minimum atomic E-state index is -2.94. The molecule has 0 radical (unpaired) electrons. The maximum atomic E-state index is 13.1. The fraction of sp³-hybridized carbons (Fsp3) is 0.500. The minimum absolute atomic E-state index is 0.00834. The van der Waals surface area contributed by atoms with Crippen LogP contribution in [-0.4, -0.2) is 53.0 Å². The number of benzene rings is 1. The number of carbonyl (C=O) groups excluding carboxylic acids is 1. The van der Waals surface area contributed by atoms with Crippen LogP contribution < -0.4 is 9.64 Å². The maximum Gasteiger partial charge on any atom is 0.387 e. The second-order valence-corrected chi connectivity index (χ2v) is 10.4. The second kappa shape index (κ2) is 10.5. The Hall–Kier alpha value is -3.60. The topological polar surface area (TPSA) is 99.8 Å². The Bertz CT molecular complexity index is 1350. The lowest BCUT2D eigenvalue weighted by Gasteiger charge is -2.39. The fourth-order valence-corrected chi connectivity index (χ4v) is 5.87. The standard InChI is InChI=1S/C28H30F2N4O5/c1-15-11-22(26(35)36-2)32-28(31-15)34-17-9-10-18(34)13-19(12-17)37-14-21-24(33-39-25(21)16-7-8-16)20-5-3-4-6-23(20)38-27(29)30/h3-6,11,16-19,27H,7-10,12-14H2,1-2H3/t17-,18?,19?/m0/s1. The van der Waals surface area contributed by atoms with Crippen LogP contribution in [0.1, 0.15) is 71.9 Å². The summed E-state index contributed by atoms with van der Waals surface area (Å²) in [5.74, 6) is 1.16. The van der Waals surface area contributed by atoms with Gasteiger partial charge in [0.2, 0.25) is 5.95 Å². The molecule has 1 saturated carbocycles. The Labute approximate surface area is 224 Å². The van der Waals surface area contributed by atoms with Gasteiger partial charge in [-0.1, -0.05) is 17.3 Å². The van der Waals surface area contributed by atoms with E-state index in [1.54, 1.807) is 24.3 Å². The molecule has 2 aromatic heterocycles. The molecule has 2 bridgehead atoms. The molecule has 3 fully saturated rings. The van der Waals surface area contributed by atoms with Crippen LogP contribution in [0.3, 0.4) is 0 Å². The molecule has 39 heavy (non-hydrogen) atoms. The van der Waals surface area contributed by atoms with Crippen molar-refractivity contribution in [1.29, 1.82) is 0 Å². The fourth-order valence-electron chi connectivity index (χ4n) is 5.87. The van der Waals surface area contributed by atoms with Crippen molar-refractivity contribution >= 4 is 11.9 Å². The number of methoxy groups -OCH3 is 1. The number of halogens is 2. The number of para-hydroxylation sites is 1. The number of hydrogen-bond donors (Lipinski definition) is 0. The lowest BCUT2D eigenvalue weighted by Crippen LogP contribution is -2.46. The number of alkyl halides is 2. The summed E-state index contributed by atoms with van der Waals surface area (Å²) in [7, 11) is 1.34. The predicted molar refractivity (Wildman–Crippen MR) is 136 cm³/mol. The molecule has 2 aliphatic heterocycles. The van der Waals surface area contributed by atoms with E-state index in [0.29, 0.717) is 22.9 Å². The number of rotatable bonds is 9. The lowest BCUT2D eigenvalue weighted by atomic mass is 9.99. The van der Waals surface area contributed by atoms with Gasteiger partial charge in [-0.15, -0.1) is 0 Å². The highest BCUT2D eigenvalue weighted by molar-refractivity contribution is 5.87. The highest BCUT2D eigenvalue weighted by Gasteiger charge is 2.43. The van der Waals surface area contributed by atoms with Crippen LogP contribution in [0.15, 0.2) is 34.9 Å². The van der Waals surface area contributed by atoms with Gasteiger partial charge in [0.25, 0.3) is 0 Å². The van der Waals surface area contributed by atoms with Gasteiger partial charge in [0.05, 0.1) is 19.8 Å². The Morgan fingerprint density at radius 3 is 2.56 bits per heavy atom. The summed E-state index contributed by atoms with van der Waals surface area (Å²) in [6, 6.07) is 8.62. The molecule has 11 heteroatoms. The Kier molecular flexibility index (Phi) is 6.92. The number of carbonyl (C=O) groups is 1. The summed E-state index contributed by atoms with van der Waals surface area (Å²) in [5.41, 5.74) is 2.70. The molecular formula is C28H30F2N4O5. The van der Waals surface area contributed by atoms with Gasteiger partial charge in [-0.25, -0.2) is 14.8 Å². The first-order chi connectivity index (χ1) is 18.9. The molecule has 3 atom stereocenters. The van der Waals surface area contributed by atoms with Crippen LogP contribution in [0, 0.1) is 6.92 Å². The molecule has 2 saturated heterocycles. The SMILES string of the molecule is COC(=O)c1cc(C)nc(N2C3CC[C@H]2CC(OCc2c(-c4ccccc4OC(F)F)noc2C2CC2)C3)n1. The summed E-state index contributed by atoms with van der Waals surface area (Å²) < 4.78 is 47.9. The van der Waals surface area contributed by atoms with E-state index in [9.17, 15) is 13.6 Å². The number of fused-ring (bicyclic) bond motifs is 2. The molecule has 1 aliphatic carbocycles. The molecule has 0 spiro atoms. The molecule has 206 valence electrons. The van der Waals surface area contributed by atoms with Crippen molar-refractivity contribution in [2.45, 2.75) is 82.8 Å². The van der Waals surface area contributed by atoms with Crippen LogP contribution in [0.25, 0.3) is 11.3 Å². The number of anilines is 1. The second-order valence-electron chi connectivity index (χ2n) is 10.4. The zero-order valence-corrected chi connectivity index (χ0v) is 21.8. The van der Waals surface area contributed by atoms with E-state index in [-0.39, 0.29) is 42.2 Å². The van der Waals surface area contributed by atoms with Crippen LogP contribution in [0.4, 0.5) is 14.7 Å². The summed E-state index contributed by atoms with van der Waals surface area (Å²) in [6.07, 6.45) is 5.54. The number of nitrogens with zero attached hydrogens (tertiary/aromatic N) is 4. The molecule has 1 aromatic carbocycles. The quantitative estimate of drug-likeness (QED) is 0.329. The van der Waals surface area contributed by atoms with Gasteiger partial charge >= 0.3 is 12.6 Å². The molecular weight excluding hydrogens is 510 g/mol. The zero-order valence-electron chi connectivity index (χ0n) is 21.8. The van der Waals surface area contributed by atoms with Crippen LogP contribution in [0.2, 0.25) is 0 Å². The van der Waals surface area contributed by atoms with Crippen molar-refractivity contribution in [2.24, 2.45) is 0 Å². The van der Waals surface area contributed by atoms with E-state index in [2.05, 4.69) is 20.0 Å². The van der Waals surface area contributed by atoms with Crippen molar-refractivity contribution in [3.63, 3.8) is 0 Å². The normalized spacial score (nSPS) is 22.4. The first kappa shape index (κ1) is 25.7. The highest BCUT2D eigenvalue weighted by Crippen LogP contribution is 2.46. The number of ether oxygens (including phenoxy) is 3. The number of aryl methyl sites for hydroxylation is 1. The van der Waals surface area contributed by atoms with E-state index in [1.807, 2.05) is 6.92 Å². The monoisotopic (exact) mass is 540 g/mol. The Morgan fingerprint density at radius 2 is 1.87 bits per heavy atom. The largest absolute Gasteiger partial charge is 0.464 e. The first-order valence-corrected chi connectivity index (χ1v) is 13.3. The third-order valence-corrected chi connectivity index (χ3v) is 7.75. The smallest absolute Gasteiger partial charge is 0.387 e.